The molecular weight excluding hydrogens is 348 g/mol. The summed E-state index contributed by atoms with van der Waals surface area (Å²) in [5, 5.41) is 0. The van der Waals surface area contributed by atoms with Gasteiger partial charge < -0.3 is 4.74 Å². The van der Waals surface area contributed by atoms with Gasteiger partial charge in [-0.05, 0) is 31.2 Å². The van der Waals surface area contributed by atoms with Gasteiger partial charge in [0.25, 0.3) is 0 Å². The number of nitrogens with zero attached hydrogens (tertiary/aromatic N) is 2. The number of aromatic nitrogens is 1. The summed E-state index contributed by atoms with van der Waals surface area (Å²) < 4.78 is 7.38. The summed E-state index contributed by atoms with van der Waals surface area (Å²) >= 11 is 0. The SMILES string of the molecule is COc1cccc(C[C@H]2CCCC[C@@H]2C2=[N+](Cc3ccccc3)C(=O)CC2)n1. The van der Waals surface area contributed by atoms with E-state index in [0.29, 0.717) is 30.7 Å². The highest BCUT2D eigenvalue weighted by atomic mass is 16.5. The monoisotopic (exact) mass is 377 g/mol. The first-order valence-corrected chi connectivity index (χ1v) is 10.4. The Balaban J connectivity index is 1.59. The molecule has 4 heteroatoms. The first-order valence-electron chi connectivity index (χ1n) is 10.4. The van der Waals surface area contributed by atoms with Crippen LogP contribution in [-0.4, -0.2) is 28.3 Å². The first kappa shape index (κ1) is 18.9. The van der Waals surface area contributed by atoms with Gasteiger partial charge in [0.15, 0.2) is 12.3 Å². The number of benzene rings is 1. The van der Waals surface area contributed by atoms with Crippen LogP contribution in [-0.2, 0) is 17.8 Å². The quantitative estimate of drug-likeness (QED) is 0.700. The number of carbonyl (C=O) groups is 1. The predicted molar refractivity (Wildman–Crippen MR) is 110 cm³/mol. The summed E-state index contributed by atoms with van der Waals surface area (Å²) in [5.74, 6) is 1.99. The Morgan fingerprint density at radius 1 is 1.04 bits per heavy atom. The number of methoxy groups -OCH3 is 1. The fourth-order valence-electron chi connectivity index (χ4n) is 4.85. The van der Waals surface area contributed by atoms with E-state index in [1.54, 1.807) is 7.11 Å². The molecule has 2 heterocycles. The summed E-state index contributed by atoms with van der Waals surface area (Å²) in [7, 11) is 1.66. The van der Waals surface area contributed by atoms with Crippen molar-refractivity contribution in [2.45, 2.75) is 51.5 Å². The van der Waals surface area contributed by atoms with Gasteiger partial charge in [-0.25, -0.2) is 9.78 Å². The molecule has 2 aromatic rings. The summed E-state index contributed by atoms with van der Waals surface area (Å²) in [6.07, 6.45) is 7.44. The van der Waals surface area contributed by atoms with Crippen molar-refractivity contribution in [3.63, 3.8) is 0 Å². The van der Waals surface area contributed by atoms with Gasteiger partial charge in [0.1, 0.15) is 0 Å². The van der Waals surface area contributed by atoms with Crippen molar-refractivity contribution in [1.82, 2.24) is 4.98 Å². The molecule has 1 amide bonds. The Morgan fingerprint density at radius 2 is 1.86 bits per heavy atom. The second kappa shape index (κ2) is 8.68. The first-order chi connectivity index (χ1) is 13.7. The molecule has 0 saturated heterocycles. The van der Waals surface area contributed by atoms with Gasteiger partial charge in [0, 0.05) is 29.7 Å². The second-order valence-corrected chi connectivity index (χ2v) is 7.98. The van der Waals surface area contributed by atoms with Crippen LogP contribution in [0, 0.1) is 11.8 Å². The molecule has 0 unspecified atom stereocenters. The molecule has 1 aromatic heterocycles. The molecule has 0 spiro atoms. The zero-order valence-corrected chi connectivity index (χ0v) is 16.6. The lowest BCUT2D eigenvalue weighted by Gasteiger charge is -2.30. The molecule has 0 N–H and O–H groups in total. The van der Waals surface area contributed by atoms with E-state index in [-0.39, 0.29) is 5.91 Å². The zero-order valence-electron chi connectivity index (χ0n) is 16.6. The maximum Gasteiger partial charge on any atom is 0.387 e. The van der Waals surface area contributed by atoms with Crippen LogP contribution in [0.3, 0.4) is 0 Å². The minimum Gasteiger partial charge on any atom is -0.481 e. The van der Waals surface area contributed by atoms with Crippen molar-refractivity contribution in [3.8, 4) is 5.88 Å². The molecule has 146 valence electrons. The van der Waals surface area contributed by atoms with Crippen LogP contribution in [0.25, 0.3) is 0 Å². The van der Waals surface area contributed by atoms with Gasteiger partial charge in [-0.15, -0.1) is 0 Å². The molecule has 1 aliphatic heterocycles. The molecule has 4 nitrogen and oxygen atoms in total. The van der Waals surface area contributed by atoms with E-state index in [4.69, 9.17) is 4.74 Å². The van der Waals surface area contributed by atoms with E-state index in [2.05, 4.69) is 27.8 Å². The van der Waals surface area contributed by atoms with Gasteiger partial charge in [0.2, 0.25) is 5.88 Å². The van der Waals surface area contributed by atoms with Crippen molar-refractivity contribution in [1.29, 1.82) is 0 Å². The Kier molecular flexibility index (Phi) is 5.84. The van der Waals surface area contributed by atoms with Crippen LogP contribution in [0.2, 0.25) is 0 Å². The third-order valence-corrected chi connectivity index (χ3v) is 6.23. The van der Waals surface area contributed by atoms with E-state index < -0.39 is 0 Å². The lowest BCUT2D eigenvalue weighted by atomic mass is 9.74. The molecule has 0 radical (unpaired) electrons. The largest absolute Gasteiger partial charge is 0.481 e. The Hall–Kier alpha value is -2.49. The number of rotatable bonds is 6. The number of pyridine rings is 1. The third kappa shape index (κ3) is 4.16. The zero-order chi connectivity index (χ0) is 19.3. The fraction of sp³-hybridized carbons (Fsp3) is 0.458. The Bertz CT molecular complexity index is 860. The highest BCUT2D eigenvalue weighted by Crippen LogP contribution is 2.36. The van der Waals surface area contributed by atoms with E-state index >= 15 is 0 Å². The minimum absolute atomic E-state index is 0.280. The van der Waals surface area contributed by atoms with Gasteiger partial charge in [-0.3, -0.25) is 0 Å². The van der Waals surface area contributed by atoms with Crippen molar-refractivity contribution in [2.75, 3.05) is 7.11 Å². The summed E-state index contributed by atoms with van der Waals surface area (Å²) in [6, 6.07) is 16.4. The fourth-order valence-corrected chi connectivity index (χ4v) is 4.85. The number of amides is 1. The van der Waals surface area contributed by atoms with Crippen molar-refractivity contribution in [3.05, 3.63) is 59.8 Å². The van der Waals surface area contributed by atoms with Crippen molar-refractivity contribution >= 4 is 11.6 Å². The van der Waals surface area contributed by atoms with Gasteiger partial charge in [-0.2, -0.15) is 4.58 Å². The maximum absolute atomic E-state index is 12.7. The molecule has 1 aliphatic carbocycles. The van der Waals surface area contributed by atoms with E-state index in [9.17, 15) is 4.79 Å². The highest BCUT2D eigenvalue weighted by molar-refractivity contribution is 5.93. The van der Waals surface area contributed by atoms with Gasteiger partial charge >= 0.3 is 5.91 Å². The predicted octanol–water partition coefficient (Wildman–Crippen LogP) is 4.41. The normalized spacial score (nSPS) is 22.5. The van der Waals surface area contributed by atoms with Crippen LogP contribution in [0.1, 0.15) is 49.8 Å². The van der Waals surface area contributed by atoms with Crippen LogP contribution in [0.5, 0.6) is 5.88 Å². The van der Waals surface area contributed by atoms with Crippen molar-refractivity contribution < 1.29 is 14.1 Å². The lowest BCUT2D eigenvalue weighted by molar-refractivity contribution is -0.462. The smallest absolute Gasteiger partial charge is 0.387 e. The molecule has 1 fully saturated rings. The van der Waals surface area contributed by atoms with Crippen LogP contribution < -0.4 is 4.74 Å². The van der Waals surface area contributed by atoms with E-state index in [1.807, 2.05) is 30.3 Å². The number of carbonyl (C=O) groups excluding carboxylic acids is 1. The third-order valence-electron chi connectivity index (χ3n) is 6.23. The van der Waals surface area contributed by atoms with Crippen LogP contribution in [0.4, 0.5) is 0 Å². The van der Waals surface area contributed by atoms with Crippen LogP contribution in [0.15, 0.2) is 48.5 Å². The number of hydrogen-bond acceptors (Lipinski definition) is 3. The summed E-state index contributed by atoms with van der Waals surface area (Å²) in [4.78, 5) is 17.3. The Labute approximate surface area is 167 Å². The average Bonchev–Trinajstić information content (AvgIpc) is 3.09. The maximum atomic E-state index is 12.7. The number of hydrogen-bond donors (Lipinski definition) is 0. The molecule has 1 aromatic carbocycles. The molecule has 2 aliphatic rings. The Morgan fingerprint density at radius 3 is 2.68 bits per heavy atom. The van der Waals surface area contributed by atoms with E-state index in [1.165, 1.54) is 37.0 Å². The molecule has 2 atom stereocenters. The molecule has 0 bridgehead atoms. The summed E-state index contributed by atoms with van der Waals surface area (Å²) in [6.45, 7) is 0.704. The lowest BCUT2D eigenvalue weighted by Crippen LogP contribution is -2.33. The number of ether oxygens (including phenoxy) is 1. The van der Waals surface area contributed by atoms with Crippen LogP contribution >= 0.6 is 0 Å². The molecular formula is C24H29N2O2+. The standard InChI is InChI=1S/C24H29N2O2/c1-28-23-13-7-11-20(25-23)16-19-10-5-6-12-21(19)22-14-15-24(27)26(22)17-18-8-3-2-4-9-18/h2-4,7-9,11,13,19,21H,5-6,10,12,14-17H2,1H3/q+1/t19-,21+/m1/s1. The summed E-state index contributed by atoms with van der Waals surface area (Å²) in [5.41, 5.74) is 3.66. The van der Waals surface area contributed by atoms with Gasteiger partial charge in [0.05, 0.1) is 13.5 Å². The van der Waals surface area contributed by atoms with Gasteiger partial charge in [-0.1, -0.05) is 49.2 Å². The molecule has 28 heavy (non-hydrogen) atoms. The minimum atomic E-state index is 0.280. The topological polar surface area (TPSA) is 42.2 Å². The van der Waals surface area contributed by atoms with E-state index in [0.717, 1.165) is 18.5 Å². The highest BCUT2D eigenvalue weighted by Gasteiger charge is 2.40. The molecule has 4 rings (SSSR count). The van der Waals surface area contributed by atoms with Crippen molar-refractivity contribution in [2.24, 2.45) is 11.8 Å². The average molecular weight is 378 g/mol. The molecule has 1 saturated carbocycles. The second-order valence-electron chi connectivity index (χ2n) is 7.98.